The first-order valence-electron chi connectivity index (χ1n) is 10.6. The SMILES string of the molecule is O=C(Nc1ccc(F)cc1)c1ccnn1-c1ccc2ccc(-c3cccnc3)cn12.O=C(O)C(F)(F)F. The van der Waals surface area contributed by atoms with Gasteiger partial charge in [-0.05, 0) is 60.2 Å². The topological polar surface area (TPSA) is 102 Å². The molecule has 2 N–H and O–H groups in total. The highest BCUT2D eigenvalue weighted by atomic mass is 19.4. The number of nitrogens with one attached hydrogen (secondary N) is 1. The standard InChI is InChI=1S/C23H16FN5O.C2HF3O2/c24-18-4-6-19(7-5-18)27-23(30)21-11-13-26-29(21)22-10-9-20-8-3-17(15-28(20)22)16-2-1-12-25-14-16;3-2(4,5)1(6)7/h1-15H,(H,27,30);(H,6,7). The van der Waals surface area contributed by atoms with Gasteiger partial charge in [0, 0.05) is 35.4 Å². The molecule has 0 aliphatic rings. The fourth-order valence-corrected chi connectivity index (χ4v) is 3.35. The molecule has 0 bridgehead atoms. The van der Waals surface area contributed by atoms with Crippen LogP contribution in [0.5, 0.6) is 0 Å². The maximum atomic E-state index is 13.1. The van der Waals surface area contributed by atoms with E-state index in [-0.39, 0.29) is 11.7 Å². The van der Waals surface area contributed by atoms with Crippen LogP contribution in [0.3, 0.4) is 0 Å². The molecule has 0 spiro atoms. The van der Waals surface area contributed by atoms with Crippen LogP contribution in [-0.2, 0) is 4.79 Å². The molecule has 5 aromatic rings. The maximum Gasteiger partial charge on any atom is 0.490 e. The number of amides is 1. The van der Waals surface area contributed by atoms with E-state index in [0.29, 0.717) is 11.4 Å². The van der Waals surface area contributed by atoms with Crippen molar-refractivity contribution in [2.45, 2.75) is 6.18 Å². The number of alkyl halides is 3. The van der Waals surface area contributed by atoms with E-state index < -0.39 is 12.1 Å². The number of fused-ring (bicyclic) bond motifs is 1. The van der Waals surface area contributed by atoms with E-state index >= 15 is 0 Å². The molecule has 0 atom stereocenters. The Morgan fingerprint density at radius 2 is 1.59 bits per heavy atom. The van der Waals surface area contributed by atoms with Gasteiger partial charge in [-0.1, -0.05) is 12.1 Å². The number of rotatable bonds is 4. The highest BCUT2D eigenvalue weighted by Crippen LogP contribution is 2.23. The fraction of sp³-hybridized carbons (Fsp3) is 0.0400. The van der Waals surface area contributed by atoms with E-state index in [1.165, 1.54) is 24.3 Å². The molecule has 37 heavy (non-hydrogen) atoms. The Hall–Kier alpha value is -5.00. The lowest BCUT2D eigenvalue weighted by atomic mass is 10.1. The third kappa shape index (κ3) is 5.81. The quantitative estimate of drug-likeness (QED) is 0.323. The molecular weight excluding hydrogens is 494 g/mol. The van der Waals surface area contributed by atoms with Crippen molar-refractivity contribution in [2.75, 3.05) is 5.32 Å². The van der Waals surface area contributed by atoms with Crippen molar-refractivity contribution in [3.05, 3.63) is 103 Å². The first-order valence-corrected chi connectivity index (χ1v) is 10.6. The molecule has 0 fully saturated rings. The zero-order valence-corrected chi connectivity index (χ0v) is 18.7. The average molecular weight is 511 g/mol. The van der Waals surface area contributed by atoms with Crippen LogP contribution in [0.2, 0.25) is 0 Å². The van der Waals surface area contributed by atoms with E-state index in [4.69, 9.17) is 9.90 Å². The zero-order valence-electron chi connectivity index (χ0n) is 18.7. The van der Waals surface area contributed by atoms with Crippen molar-refractivity contribution in [1.29, 1.82) is 0 Å². The lowest BCUT2D eigenvalue weighted by molar-refractivity contribution is -0.192. The molecule has 0 saturated heterocycles. The van der Waals surface area contributed by atoms with Gasteiger partial charge >= 0.3 is 12.1 Å². The Morgan fingerprint density at radius 1 is 0.892 bits per heavy atom. The molecule has 4 aromatic heterocycles. The Labute approximate surface area is 206 Å². The third-order valence-electron chi connectivity index (χ3n) is 5.06. The number of pyridine rings is 2. The number of aromatic nitrogens is 4. The molecule has 0 aliphatic carbocycles. The molecule has 188 valence electrons. The molecule has 8 nitrogen and oxygen atoms in total. The molecule has 0 radical (unpaired) electrons. The molecular formula is C25H17F4N5O3. The molecule has 12 heteroatoms. The number of nitrogens with zero attached hydrogens (tertiary/aromatic N) is 4. The summed E-state index contributed by atoms with van der Waals surface area (Å²) in [5.74, 6) is -2.72. The number of carbonyl (C=O) groups excluding carboxylic acids is 1. The molecule has 0 aliphatic heterocycles. The predicted octanol–water partition coefficient (Wildman–Crippen LogP) is 5.21. The average Bonchev–Trinajstić information content (AvgIpc) is 3.52. The van der Waals surface area contributed by atoms with Crippen molar-refractivity contribution in [1.82, 2.24) is 19.2 Å². The van der Waals surface area contributed by atoms with Gasteiger partial charge in [0.2, 0.25) is 0 Å². The second kappa shape index (κ2) is 10.3. The molecule has 4 heterocycles. The first-order chi connectivity index (χ1) is 17.6. The minimum absolute atomic E-state index is 0.336. The molecule has 1 aromatic carbocycles. The summed E-state index contributed by atoms with van der Waals surface area (Å²) in [7, 11) is 0. The number of aliphatic carboxylic acids is 1. The molecule has 5 rings (SSSR count). The summed E-state index contributed by atoms with van der Waals surface area (Å²) in [4.78, 5) is 25.9. The van der Waals surface area contributed by atoms with Crippen LogP contribution in [0.15, 0.2) is 91.5 Å². The number of anilines is 1. The van der Waals surface area contributed by atoms with Gasteiger partial charge in [-0.2, -0.15) is 18.3 Å². The number of carboxylic acid groups (broad SMARTS) is 1. The van der Waals surface area contributed by atoms with Crippen molar-refractivity contribution in [3.8, 4) is 16.9 Å². The summed E-state index contributed by atoms with van der Waals surface area (Å²) < 4.78 is 48.4. The Bertz CT molecular complexity index is 1540. The van der Waals surface area contributed by atoms with Crippen LogP contribution in [0.1, 0.15) is 10.5 Å². The second-order valence-corrected chi connectivity index (χ2v) is 7.54. The molecule has 1 amide bonds. The van der Waals surface area contributed by atoms with E-state index in [9.17, 15) is 22.4 Å². The maximum absolute atomic E-state index is 13.1. The highest BCUT2D eigenvalue weighted by Gasteiger charge is 2.38. The van der Waals surface area contributed by atoms with Crippen LogP contribution in [0.4, 0.5) is 23.2 Å². The van der Waals surface area contributed by atoms with E-state index in [2.05, 4.69) is 15.4 Å². The van der Waals surface area contributed by atoms with E-state index in [0.717, 1.165) is 22.5 Å². The molecule has 0 saturated carbocycles. The van der Waals surface area contributed by atoms with Crippen molar-refractivity contribution < 1.29 is 32.3 Å². The van der Waals surface area contributed by atoms with Gasteiger partial charge in [-0.15, -0.1) is 0 Å². The fourth-order valence-electron chi connectivity index (χ4n) is 3.35. The summed E-state index contributed by atoms with van der Waals surface area (Å²) >= 11 is 0. The zero-order chi connectivity index (χ0) is 26.6. The summed E-state index contributed by atoms with van der Waals surface area (Å²) in [5, 5.41) is 14.3. The smallest absolute Gasteiger partial charge is 0.475 e. The Kier molecular flexibility index (Phi) is 7.00. The van der Waals surface area contributed by atoms with Gasteiger partial charge < -0.3 is 14.8 Å². The van der Waals surface area contributed by atoms with E-state index in [1.807, 2.05) is 47.0 Å². The third-order valence-corrected chi connectivity index (χ3v) is 5.06. The summed E-state index contributed by atoms with van der Waals surface area (Å²) in [5.41, 5.74) is 3.84. The van der Waals surface area contributed by atoms with Gasteiger partial charge in [0.05, 0.1) is 6.20 Å². The lowest BCUT2D eigenvalue weighted by Crippen LogP contribution is -2.21. The van der Waals surface area contributed by atoms with Crippen LogP contribution in [-0.4, -0.2) is 42.3 Å². The van der Waals surface area contributed by atoms with Gasteiger partial charge in [0.15, 0.2) is 0 Å². The Morgan fingerprint density at radius 3 is 2.24 bits per heavy atom. The van der Waals surface area contributed by atoms with Crippen LogP contribution in [0.25, 0.3) is 22.5 Å². The number of benzene rings is 1. The number of halogens is 4. The minimum Gasteiger partial charge on any atom is -0.475 e. The normalized spacial score (nSPS) is 11.0. The highest BCUT2D eigenvalue weighted by molar-refractivity contribution is 6.03. The van der Waals surface area contributed by atoms with Crippen molar-refractivity contribution >= 4 is 23.1 Å². The number of carbonyl (C=O) groups is 2. The number of hydrogen-bond donors (Lipinski definition) is 2. The van der Waals surface area contributed by atoms with Crippen LogP contribution in [0, 0.1) is 5.82 Å². The van der Waals surface area contributed by atoms with Gasteiger partial charge in [0.1, 0.15) is 17.3 Å². The lowest BCUT2D eigenvalue weighted by Gasteiger charge is -2.10. The van der Waals surface area contributed by atoms with Crippen molar-refractivity contribution in [3.63, 3.8) is 0 Å². The van der Waals surface area contributed by atoms with Crippen molar-refractivity contribution in [2.24, 2.45) is 0 Å². The summed E-state index contributed by atoms with van der Waals surface area (Å²) in [6, 6.07) is 19.1. The predicted molar refractivity (Wildman–Crippen MR) is 126 cm³/mol. The largest absolute Gasteiger partial charge is 0.490 e. The van der Waals surface area contributed by atoms with Crippen LogP contribution >= 0.6 is 0 Å². The number of carboxylic acids is 1. The minimum atomic E-state index is -5.08. The van der Waals surface area contributed by atoms with Gasteiger partial charge in [-0.3, -0.25) is 9.78 Å². The molecule has 0 unspecified atom stereocenters. The second-order valence-electron chi connectivity index (χ2n) is 7.54. The van der Waals surface area contributed by atoms with E-state index in [1.54, 1.807) is 29.3 Å². The Balaban J connectivity index is 0.000000405. The van der Waals surface area contributed by atoms with Gasteiger partial charge in [-0.25, -0.2) is 13.9 Å². The van der Waals surface area contributed by atoms with Crippen LogP contribution < -0.4 is 5.32 Å². The summed E-state index contributed by atoms with van der Waals surface area (Å²) in [6.45, 7) is 0. The monoisotopic (exact) mass is 511 g/mol. The first kappa shape index (κ1) is 25.1. The van der Waals surface area contributed by atoms with Gasteiger partial charge in [0.25, 0.3) is 5.91 Å². The number of hydrogen-bond acceptors (Lipinski definition) is 4. The summed E-state index contributed by atoms with van der Waals surface area (Å²) in [6.07, 6.45) is 2.02.